The first-order valence-electron chi connectivity index (χ1n) is 9.27. The third-order valence-electron chi connectivity index (χ3n) is 4.29. The first-order chi connectivity index (χ1) is 14.4. The van der Waals surface area contributed by atoms with Gasteiger partial charge in [-0.25, -0.2) is 9.59 Å². The number of anilines is 2. The van der Waals surface area contributed by atoms with Crippen molar-refractivity contribution in [1.29, 1.82) is 0 Å². The maximum atomic E-state index is 12.6. The van der Waals surface area contributed by atoms with Crippen LogP contribution in [0.2, 0.25) is 0 Å². The van der Waals surface area contributed by atoms with Gasteiger partial charge in [0.25, 0.3) is 5.91 Å². The van der Waals surface area contributed by atoms with E-state index in [1.54, 1.807) is 18.2 Å². The van der Waals surface area contributed by atoms with E-state index >= 15 is 0 Å². The number of ether oxygens (including phenoxy) is 1. The van der Waals surface area contributed by atoms with E-state index in [0.29, 0.717) is 11.4 Å². The Morgan fingerprint density at radius 1 is 0.867 bits per heavy atom. The molecule has 7 nitrogen and oxygen atoms in total. The molecular weight excluding hydrogens is 382 g/mol. The number of carbonyl (C=O) groups excluding carboxylic acids is 3. The van der Waals surface area contributed by atoms with E-state index in [1.807, 2.05) is 48.5 Å². The molecule has 7 heteroatoms. The molecule has 0 spiro atoms. The Morgan fingerprint density at radius 3 is 2.30 bits per heavy atom. The van der Waals surface area contributed by atoms with Gasteiger partial charge in [0.2, 0.25) is 0 Å². The summed E-state index contributed by atoms with van der Waals surface area (Å²) in [5.74, 6) is -1.15. The molecule has 3 rings (SSSR count). The molecule has 3 aromatic carbocycles. The monoisotopic (exact) mass is 403 g/mol. The number of hydrogen-bond acceptors (Lipinski definition) is 4. The average molecular weight is 403 g/mol. The molecule has 4 N–H and O–H groups in total. The van der Waals surface area contributed by atoms with Gasteiger partial charge < -0.3 is 21.1 Å². The number of primary amides is 1. The minimum absolute atomic E-state index is 0.186. The van der Waals surface area contributed by atoms with Crippen molar-refractivity contribution in [2.45, 2.75) is 13.0 Å². The lowest BCUT2D eigenvalue weighted by Crippen LogP contribution is -2.30. The Balaban J connectivity index is 1.69. The molecule has 0 heterocycles. The minimum Gasteiger partial charge on any atom is -0.449 e. The average Bonchev–Trinajstić information content (AvgIpc) is 2.74. The van der Waals surface area contributed by atoms with Crippen LogP contribution >= 0.6 is 0 Å². The summed E-state index contributed by atoms with van der Waals surface area (Å²) in [6, 6.07) is 22.4. The zero-order valence-corrected chi connectivity index (χ0v) is 16.3. The highest BCUT2D eigenvalue weighted by Crippen LogP contribution is 2.27. The minimum atomic E-state index is -1.03. The molecule has 0 unspecified atom stereocenters. The molecule has 0 fully saturated rings. The molecule has 0 saturated heterocycles. The van der Waals surface area contributed by atoms with E-state index in [2.05, 4.69) is 10.6 Å². The van der Waals surface area contributed by atoms with Crippen LogP contribution in [0.5, 0.6) is 0 Å². The van der Waals surface area contributed by atoms with Crippen molar-refractivity contribution in [3.05, 3.63) is 84.4 Å². The molecular formula is C23H21N3O4. The fourth-order valence-corrected chi connectivity index (χ4v) is 2.84. The fourth-order valence-electron chi connectivity index (χ4n) is 2.84. The number of urea groups is 1. The first kappa shape index (κ1) is 20.6. The standard InChI is InChI=1S/C23H21N3O4/c1-15(30-22(28)17-10-7-11-18(14-17)25-23(24)29)21(27)26-20-13-6-5-12-19(20)16-8-3-2-4-9-16/h2-15H,1H3,(H,26,27)(H3,24,25,29)/t15-/m0/s1. The zero-order valence-electron chi connectivity index (χ0n) is 16.3. The van der Waals surface area contributed by atoms with E-state index in [0.717, 1.165) is 11.1 Å². The van der Waals surface area contributed by atoms with Gasteiger partial charge in [-0.15, -0.1) is 0 Å². The molecule has 1 atom stereocenters. The highest BCUT2D eigenvalue weighted by atomic mass is 16.5. The van der Waals surface area contributed by atoms with Crippen molar-refractivity contribution in [2.75, 3.05) is 10.6 Å². The van der Waals surface area contributed by atoms with Crippen molar-refractivity contribution < 1.29 is 19.1 Å². The van der Waals surface area contributed by atoms with E-state index in [4.69, 9.17) is 10.5 Å². The molecule has 0 aromatic heterocycles. The molecule has 0 saturated carbocycles. The lowest BCUT2D eigenvalue weighted by Gasteiger charge is -2.16. The largest absolute Gasteiger partial charge is 0.449 e. The first-order valence-corrected chi connectivity index (χ1v) is 9.27. The van der Waals surface area contributed by atoms with Crippen molar-refractivity contribution in [3.63, 3.8) is 0 Å². The molecule has 3 amide bonds. The van der Waals surface area contributed by atoms with Gasteiger partial charge in [0.1, 0.15) is 0 Å². The molecule has 152 valence electrons. The third-order valence-corrected chi connectivity index (χ3v) is 4.29. The number of nitrogens with one attached hydrogen (secondary N) is 2. The number of carbonyl (C=O) groups is 3. The van der Waals surface area contributed by atoms with E-state index in [9.17, 15) is 14.4 Å². The summed E-state index contributed by atoms with van der Waals surface area (Å²) in [6.45, 7) is 1.49. The molecule has 0 aliphatic carbocycles. The van der Waals surface area contributed by atoms with Crippen molar-refractivity contribution in [3.8, 4) is 11.1 Å². The predicted molar refractivity (Wildman–Crippen MR) is 115 cm³/mol. The van der Waals surface area contributed by atoms with Gasteiger partial charge in [-0.3, -0.25) is 4.79 Å². The summed E-state index contributed by atoms with van der Waals surface area (Å²) >= 11 is 0. The van der Waals surface area contributed by atoms with Crippen LogP contribution in [-0.4, -0.2) is 24.0 Å². The highest BCUT2D eigenvalue weighted by molar-refractivity contribution is 6.00. The molecule has 0 aliphatic heterocycles. The van der Waals surface area contributed by atoms with Gasteiger partial charge in [0.15, 0.2) is 6.10 Å². The normalized spacial score (nSPS) is 11.2. The van der Waals surface area contributed by atoms with E-state index < -0.39 is 24.0 Å². The fraction of sp³-hybridized carbons (Fsp3) is 0.0870. The number of nitrogens with two attached hydrogens (primary N) is 1. The SMILES string of the molecule is C[C@H](OC(=O)c1cccc(NC(N)=O)c1)C(=O)Nc1ccccc1-c1ccccc1. The predicted octanol–water partition coefficient (Wildman–Crippen LogP) is 4.03. The molecule has 3 aromatic rings. The Kier molecular flexibility index (Phi) is 6.44. The molecule has 0 radical (unpaired) electrons. The van der Waals surface area contributed by atoms with Crippen LogP contribution in [0, 0.1) is 0 Å². The van der Waals surface area contributed by atoms with Gasteiger partial charge in [0.05, 0.1) is 5.56 Å². The summed E-state index contributed by atoms with van der Waals surface area (Å²) in [5.41, 5.74) is 8.04. The van der Waals surface area contributed by atoms with Gasteiger partial charge in [-0.05, 0) is 36.8 Å². The van der Waals surface area contributed by atoms with Crippen LogP contribution in [0.3, 0.4) is 0 Å². The van der Waals surface area contributed by atoms with Crippen LogP contribution in [0.4, 0.5) is 16.2 Å². The van der Waals surface area contributed by atoms with Crippen LogP contribution in [0.15, 0.2) is 78.9 Å². The molecule has 0 aliphatic rings. The molecule has 0 bridgehead atoms. The van der Waals surface area contributed by atoms with Crippen LogP contribution in [0.25, 0.3) is 11.1 Å². The second-order valence-corrected chi connectivity index (χ2v) is 6.52. The smallest absolute Gasteiger partial charge is 0.338 e. The van der Waals surface area contributed by atoms with E-state index in [1.165, 1.54) is 19.1 Å². The zero-order chi connectivity index (χ0) is 21.5. The quantitative estimate of drug-likeness (QED) is 0.540. The van der Waals surface area contributed by atoms with Crippen LogP contribution in [0.1, 0.15) is 17.3 Å². The lowest BCUT2D eigenvalue weighted by atomic mass is 10.0. The number of amides is 3. The summed E-state index contributed by atoms with van der Waals surface area (Å²) in [4.78, 5) is 36.0. The lowest BCUT2D eigenvalue weighted by molar-refractivity contribution is -0.123. The second-order valence-electron chi connectivity index (χ2n) is 6.52. The van der Waals surface area contributed by atoms with Crippen molar-refractivity contribution in [2.24, 2.45) is 5.73 Å². The van der Waals surface area contributed by atoms with Crippen LogP contribution in [-0.2, 0) is 9.53 Å². The summed E-state index contributed by atoms with van der Waals surface area (Å²) < 4.78 is 5.28. The Morgan fingerprint density at radius 2 is 1.57 bits per heavy atom. The van der Waals surface area contributed by atoms with Crippen molar-refractivity contribution in [1.82, 2.24) is 0 Å². The number of benzene rings is 3. The number of rotatable bonds is 6. The summed E-state index contributed by atoms with van der Waals surface area (Å²) in [5, 5.41) is 5.20. The molecule has 30 heavy (non-hydrogen) atoms. The van der Waals surface area contributed by atoms with Gasteiger partial charge >= 0.3 is 12.0 Å². The number of esters is 1. The number of para-hydroxylation sites is 1. The summed E-state index contributed by atoms with van der Waals surface area (Å²) in [6.07, 6.45) is -1.03. The number of hydrogen-bond donors (Lipinski definition) is 3. The summed E-state index contributed by atoms with van der Waals surface area (Å²) in [7, 11) is 0. The van der Waals surface area contributed by atoms with Gasteiger partial charge in [-0.2, -0.15) is 0 Å². The van der Waals surface area contributed by atoms with Gasteiger partial charge in [0, 0.05) is 16.9 Å². The Bertz CT molecular complexity index is 1070. The highest BCUT2D eigenvalue weighted by Gasteiger charge is 2.20. The Hall–Kier alpha value is -4.13. The van der Waals surface area contributed by atoms with Crippen molar-refractivity contribution >= 4 is 29.3 Å². The Labute approximate surface area is 173 Å². The topological polar surface area (TPSA) is 111 Å². The van der Waals surface area contributed by atoms with Crippen LogP contribution < -0.4 is 16.4 Å². The maximum absolute atomic E-state index is 12.6. The third kappa shape index (κ3) is 5.23. The van der Waals surface area contributed by atoms with E-state index in [-0.39, 0.29) is 5.56 Å². The van der Waals surface area contributed by atoms with Gasteiger partial charge in [-0.1, -0.05) is 54.6 Å². The second kappa shape index (κ2) is 9.38. The maximum Gasteiger partial charge on any atom is 0.338 e.